The summed E-state index contributed by atoms with van der Waals surface area (Å²) >= 11 is 0. The van der Waals surface area contributed by atoms with Crippen molar-refractivity contribution in [2.45, 2.75) is 252 Å². The molecule has 0 aliphatic carbocycles. The molecule has 76 heavy (non-hydrogen) atoms. The second kappa shape index (κ2) is 62.6. The Morgan fingerprint density at radius 3 is 0.842 bits per heavy atom. The maximum Gasteiger partial charge on any atom is 0.306 e. The van der Waals surface area contributed by atoms with Crippen molar-refractivity contribution < 1.29 is 28.6 Å². The van der Waals surface area contributed by atoms with Crippen LogP contribution in [0.3, 0.4) is 0 Å². The molecule has 1 atom stereocenters. The normalized spacial score (nSPS) is 13.2. The molecule has 0 N–H and O–H groups in total. The molecule has 0 saturated carbocycles. The van der Waals surface area contributed by atoms with E-state index >= 15 is 0 Å². The van der Waals surface area contributed by atoms with E-state index in [0.29, 0.717) is 19.3 Å². The zero-order valence-corrected chi connectivity index (χ0v) is 48.7. The first-order chi connectivity index (χ1) is 37.5. The molecule has 0 amide bonds. The Morgan fingerprint density at radius 2 is 0.526 bits per heavy atom. The fraction of sp³-hybridized carbons (Fsp3) is 0.586. The summed E-state index contributed by atoms with van der Waals surface area (Å²) in [5.41, 5.74) is 0. The lowest BCUT2D eigenvalue weighted by Crippen LogP contribution is -2.30. The van der Waals surface area contributed by atoms with Crippen LogP contribution in [0, 0.1) is 0 Å². The van der Waals surface area contributed by atoms with Crippen LogP contribution in [-0.2, 0) is 28.6 Å². The largest absolute Gasteiger partial charge is 0.462 e. The van der Waals surface area contributed by atoms with Gasteiger partial charge in [-0.1, -0.05) is 262 Å². The lowest BCUT2D eigenvalue weighted by Gasteiger charge is -2.18. The molecule has 0 fully saturated rings. The summed E-state index contributed by atoms with van der Waals surface area (Å²) in [6.45, 7) is 6.29. The van der Waals surface area contributed by atoms with E-state index in [1.807, 2.05) is 0 Å². The van der Waals surface area contributed by atoms with Crippen LogP contribution < -0.4 is 0 Å². The molecule has 0 aromatic rings. The number of unbranched alkanes of at least 4 members (excludes halogenated alkanes) is 16. The van der Waals surface area contributed by atoms with Crippen LogP contribution in [0.5, 0.6) is 0 Å². The van der Waals surface area contributed by atoms with Crippen molar-refractivity contribution in [3.05, 3.63) is 158 Å². The van der Waals surface area contributed by atoms with Crippen molar-refractivity contribution in [3.8, 4) is 0 Å². The first kappa shape index (κ1) is 71.0. The van der Waals surface area contributed by atoms with E-state index in [-0.39, 0.29) is 37.5 Å². The highest BCUT2D eigenvalue weighted by molar-refractivity contribution is 5.71. The van der Waals surface area contributed by atoms with Gasteiger partial charge in [0, 0.05) is 19.3 Å². The van der Waals surface area contributed by atoms with Gasteiger partial charge in [0.25, 0.3) is 0 Å². The van der Waals surface area contributed by atoms with Gasteiger partial charge in [-0.2, -0.15) is 0 Å². The molecule has 0 spiro atoms. The van der Waals surface area contributed by atoms with Gasteiger partial charge in [-0.15, -0.1) is 0 Å². The summed E-state index contributed by atoms with van der Waals surface area (Å²) in [6.07, 6.45) is 91.4. The Hall–Kier alpha value is -4.97. The summed E-state index contributed by atoms with van der Waals surface area (Å²) in [7, 11) is 0. The second-order valence-electron chi connectivity index (χ2n) is 19.5. The molecule has 6 heteroatoms. The summed E-state index contributed by atoms with van der Waals surface area (Å²) < 4.78 is 16.7. The number of carbonyl (C=O) groups is 3. The lowest BCUT2D eigenvalue weighted by molar-refractivity contribution is -0.167. The highest BCUT2D eigenvalue weighted by atomic mass is 16.6. The molecular formula is C70H110O6. The molecule has 0 heterocycles. The fourth-order valence-electron chi connectivity index (χ4n) is 7.79. The zero-order chi connectivity index (χ0) is 55.0. The highest BCUT2D eigenvalue weighted by Crippen LogP contribution is 2.14. The van der Waals surface area contributed by atoms with E-state index in [9.17, 15) is 14.4 Å². The number of esters is 3. The highest BCUT2D eigenvalue weighted by Gasteiger charge is 2.19. The maximum atomic E-state index is 12.8. The van der Waals surface area contributed by atoms with Crippen molar-refractivity contribution in [2.24, 2.45) is 0 Å². The number of rotatable bonds is 53. The van der Waals surface area contributed by atoms with Crippen molar-refractivity contribution in [1.82, 2.24) is 0 Å². The summed E-state index contributed by atoms with van der Waals surface area (Å²) in [5.74, 6) is -0.989. The molecule has 0 aliphatic rings. The quantitative estimate of drug-likeness (QED) is 0.0261. The van der Waals surface area contributed by atoms with Gasteiger partial charge in [-0.25, -0.2) is 0 Å². The van der Waals surface area contributed by atoms with Crippen molar-refractivity contribution >= 4 is 17.9 Å². The standard InChI is InChI=1S/C70H110O6/c1-4-7-10-13-16-18-20-22-24-26-28-30-32-33-34-35-36-37-39-40-42-44-46-48-50-52-54-57-60-63-69(72)75-66-67(65-74-68(71)62-59-56-15-12-9-6-3)76-70(73)64-61-58-55-53-51-49-47-45-43-41-38-31-29-27-25-23-21-19-17-14-11-8-5-2/h7-8,10-11,16-19,22-25,28-31,33-34,36-37,41,43,47,49,53,55,67H,4-6,9,12-15,20-21,26-27,32,35,38-40,42,44-46,48,50-52,54,56-66H2,1-3H3/b10-7-,11-8-,18-16-,19-17-,24-22-,25-23-,30-28-,31-29-,34-33-,37-36-,43-41-,49-47-,55-53-. The topological polar surface area (TPSA) is 78.9 Å². The molecule has 0 aromatic carbocycles. The SMILES string of the molecule is CC/C=C\C/C=C\C/C=C\C/C=C\C/C=C\C/C=C\C/C=C\CCCC(=O)OC(COC(=O)CCCCCCCC)COC(=O)CCCCCCCCCCCC/C=C\C/C=C\C/C=C\C/C=C\C/C=C\C/C=C\CC. The average Bonchev–Trinajstić information content (AvgIpc) is 3.42. The van der Waals surface area contributed by atoms with Crippen LogP contribution in [0.2, 0.25) is 0 Å². The van der Waals surface area contributed by atoms with Gasteiger partial charge in [-0.3, -0.25) is 14.4 Å². The number of allylic oxidation sites excluding steroid dienone is 26. The number of carbonyl (C=O) groups excluding carboxylic acids is 3. The first-order valence-electron chi connectivity index (χ1n) is 30.5. The van der Waals surface area contributed by atoms with Gasteiger partial charge >= 0.3 is 17.9 Å². The van der Waals surface area contributed by atoms with Crippen LogP contribution in [0.25, 0.3) is 0 Å². The molecule has 0 bridgehead atoms. The predicted molar refractivity (Wildman–Crippen MR) is 329 cm³/mol. The molecule has 0 radical (unpaired) electrons. The van der Waals surface area contributed by atoms with Gasteiger partial charge in [0.05, 0.1) is 0 Å². The average molecular weight is 1050 g/mol. The summed E-state index contributed by atoms with van der Waals surface area (Å²) in [4.78, 5) is 37.9. The van der Waals surface area contributed by atoms with E-state index < -0.39 is 6.10 Å². The molecule has 0 rings (SSSR count). The van der Waals surface area contributed by atoms with Gasteiger partial charge in [0.2, 0.25) is 0 Å². The third-order valence-electron chi connectivity index (χ3n) is 12.3. The first-order valence-corrected chi connectivity index (χ1v) is 30.5. The van der Waals surface area contributed by atoms with E-state index in [2.05, 4.69) is 179 Å². The van der Waals surface area contributed by atoms with Gasteiger partial charge in [0.1, 0.15) is 13.2 Å². The zero-order valence-electron chi connectivity index (χ0n) is 48.7. The second-order valence-corrected chi connectivity index (χ2v) is 19.5. The van der Waals surface area contributed by atoms with Crippen molar-refractivity contribution in [2.75, 3.05) is 13.2 Å². The van der Waals surface area contributed by atoms with Crippen LogP contribution in [0.15, 0.2) is 158 Å². The third kappa shape index (κ3) is 59.9. The number of hydrogen-bond donors (Lipinski definition) is 0. The van der Waals surface area contributed by atoms with Crippen LogP contribution in [-0.4, -0.2) is 37.2 Å². The molecule has 1 unspecified atom stereocenters. The Bertz CT molecular complexity index is 1720. The van der Waals surface area contributed by atoms with Gasteiger partial charge < -0.3 is 14.2 Å². The smallest absolute Gasteiger partial charge is 0.306 e. The Kier molecular flexibility index (Phi) is 58.5. The van der Waals surface area contributed by atoms with Crippen LogP contribution in [0.4, 0.5) is 0 Å². The Balaban J connectivity index is 4.24. The van der Waals surface area contributed by atoms with Crippen LogP contribution in [0.1, 0.15) is 245 Å². The summed E-state index contributed by atoms with van der Waals surface area (Å²) in [5, 5.41) is 0. The Labute approximate surface area is 467 Å². The van der Waals surface area contributed by atoms with Gasteiger partial charge in [-0.05, 0) is 122 Å². The molecule has 0 aliphatic heterocycles. The predicted octanol–water partition coefficient (Wildman–Crippen LogP) is 20.9. The van der Waals surface area contributed by atoms with Crippen LogP contribution >= 0.6 is 0 Å². The minimum absolute atomic E-state index is 0.108. The lowest BCUT2D eigenvalue weighted by atomic mass is 10.1. The molecule has 0 aromatic heterocycles. The van der Waals surface area contributed by atoms with E-state index in [0.717, 1.165) is 135 Å². The molecule has 0 saturated heterocycles. The number of hydrogen-bond acceptors (Lipinski definition) is 6. The van der Waals surface area contributed by atoms with E-state index in [1.54, 1.807) is 0 Å². The van der Waals surface area contributed by atoms with Crippen molar-refractivity contribution in [3.63, 3.8) is 0 Å². The van der Waals surface area contributed by atoms with Crippen molar-refractivity contribution in [1.29, 1.82) is 0 Å². The van der Waals surface area contributed by atoms with E-state index in [1.165, 1.54) is 64.2 Å². The Morgan fingerprint density at radius 1 is 0.276 bits per heavy atom. The van der Waals surface area contributed by atoms with E-state index in [4.69, 9.17) is 14.2 Å². The molecule has 426 valence electrons. The number of ether oxygens (including phenoxy) is 3. The van der Waals surface area contributed by atoms with Gasteiger partial charge in [0.15, 0.2) is 6.10 Å². The monoisotopic (exact) mass is 1050 g/mol. The minimum Gasteiger partial charge on any atom is -0.462 e. The fourth-order valence-corrected chi connectivity index (χ4v) is 7.79. The third-order valence-corrected chi connectivity index (χ3v) is 12.3. The minimum atomic E-state index is -0.815. The maximum absolute atomic E-state index is 12.8. The molecule has 6 nitrogen and oxygen atoms in total. The molecular weight excluding hydrogens is 937 g/mol. The summed E-state index contributed by atoms with van der Waals surface area (Å²) in [6, 6.07) is 0.